The second-order valence-corrected chi connectivity index (χ2v) is 10.4. The van der Waals surface area contributed by atoms with E-state index >= 15 is 0 Å². The lowest BCUT2D eigenvalue weighted by Crippen LogP contribution is -2.49. The van der Waals surface area contributed by atoms with Crippen LogP contribution in [0, 0.1) is 0 Å². The van der Waals surface area contributed by atoms with Crippen molar-refractivity contribution in [2.45, 2.75) is 4.90 Å². The van der Waals surface area contributed by atoms with Crippen molar-refractivity contribution in [2.75, 3.05) is 38.0 Å². The minimum atomic E-state index is -3.79. The SMILES string of the molecule is NS(=O)(=O)c1ccc(NC(=O)CN2CCN(S(=O)(=O)/C=C/c3ccccc3)CC2)cc1. The molecule has 0 aliphatic carbocycles. The normalized spacial score (nSPS) is 16.4. The van der Waals surface area contributed by atoms with E-state index in [-0.39, 0.29) is 30.4 Å². The summed E-state index contributed by atoms with van der Waals surface area (Å²) in [4.78, 5) is 14.1. The molecule has 3 N–H and O–H groups in total. The van der Waals surface area contributed by atoms with E-state index < -0.39 is 20.0 Å². The Bertz CT molecular complexity index is 1140. The summed E-state index contributed by atoms with van der Waals surface area (Å²) in [7, 11) is -7.32. The summed E-state index contributed by atoms with van der Waals surface area (Å²) in [5.74, 6) is -0.274. The van der Waals surface area contributed by atoms with E-state index in [9.17, 15) is 21.6 Å². The van der Waals surface area contributed by atoms with Gasteiger partial charge in [0.15, 0.2) is 0 Å². The van der Waals surface area contributed by atoms with Crippen molar-refractivity contribution in [1.82, 2.24) is 9.21 Å². The maximum atomic E-state index is 12.5. The molecule has 0 bridgehead atoms. The minimum Gasteiger partial charge on any atom is -0.325 e. The monoisotopic (exact) mass is 464 g/mol. The largest absolute Gasteiger partial charge is 0.325 e. The number of anilines is 1. The van der Waals surface area contributed by atoms with Gasteiger partial charge in [0.2, 0.25) is 26.0 Å². The van der Waals surface area contributed by atoms with E-state index in [1.54, 1.807) is 6.08 Å². The number of carbonyl (C=O) groups excluding carboxylic acids is 1. The zero-order valence-electron chi connectivity index (χ0n) is 16.7. The number of amides is 1. The second-order valence-electron chi connectivity index (χ2n) is 7.05. The first-order valence-corrected chi connectivity index (χ1v) is 12.6. The number of rotatable bonds is 7. The highest BCUT2D eigenvalue weighted by Crippen LogP contribution is 2.14. The van der Waals surface area contributed by atoms with Crippen LogP contribution in [0.5, 0.6) is 0 Å². The highest BCUT2D eigenvalue weighted by Gasteiger charge is 2.26. The van der Waals surface area contributed by atoms with Crippen LogP contribution in [0.25, 0.3) is 6.08 Å². The Labute approximate surface area is 182 Å². The molecule has 31 heavy (non-hydrogen) atoms. The number of primary sulfonamides is 1. The zero-order valence-corrected chi connectivity index (χ0v) is 18.3. The third-order valence-corrected chi connectivity index (χ3v) is 7.25. The highest BCUT2D eigenvalue weighted by molar-refractivity contribution is 7.92. The molecule has 3 rings (SSSR count). The van der Waals surface area contributed by atoms with Crippen molar-refractivity contribution in [3.8, 4) is 0 Å². The van der Waals surface area contributed by atoms with E-state index in [2.05, 4.69) is 5.32 Å². The van der Waals surface area contributed by atoms with Crippen molar-refractivity contribution < 1.29 is 21.6 Å². The Kier molecular flexibility index (Phi) is 7.23. The topological polar surface area (TPSA) is 130 Å². The van der Waals surface area contributed by atoms with E-state index in [1.165, 1.54) is 34.0 Å². The number of carbonyl (C=O) groups is 1. The number of hydrogen-bond donors (Lipinski definition) is 2. The number of nitrogens with two attached hydrogens (primary N) is 1. The Balaban J connectivity index is 1.49. The fraction of sp³-hybridized carbons (Fsp3) is 0.250. The molecule has 166 valence electrons. The van der Waals surface area contributed by atoms with Crippen molar-refractivity contribution in [1.29, 1.82) is 0 Å². The zero-order chi connectivity index (χ0) is 22.5. The molecule has 0 saturated carbocycles. The molecule has 1 aliphatic rings. The van der Waals surface area contributed by atoms with Gasteiger partial charge in [-0.3, -0.25) is 9.69 Å². The van der Waals surface area contributed by atoms with Crippen LogP contribution in [0.2, 0.25) is 0 Å². The lowest BCUT2D eigenvalue weighted by molar-refractivity contribution is -0.117. The summed E-state index contributed by atoms with van der Waals surface area (Å²) in [5.41, 5.74) is 1.25. The van der Waals surface area contributed by atoms with Crippen LogP contribution < -0.4 is 10.5 Å². The van der Waals surface area contributed by atoms with Gasteiger partial charge in [-0.25, -0.2) is 22.0 Å². The first-order chi connectivity index (χ1) is 14.6. The van der Waals surface area contributed by atoms with Gasteiger partial charge in [-0.15, -0.1) is 0 Å². The summed E-state index contributed by atoms with van der Waals surface area (Å²) >= 11 is 0. The molecule has 2 aromatic carbocycles. The molecule has 0 atom stereocenters. The Hall–Kier alpha value is -2.57. The van der Waals surface area contributed by atoms with Crippen LogP contribution >= 0.6 is 0 Å². The van der Waals surface area contributed by atoms with E-state index in [1.807, 2.05) is 35.2 Å². The van der Waals surface area contributed by atoms with Crippen LogP contribution in [-0.4, -0.2) is 64.7 Å². The average Bonchev–Trinajstić information content (AvgIpc) is 2.73. The van der Waals surface area contributed by atoms with Crippen molar-refractivity contribution >= 4 is 37.7 Å². The lowest BCUT2D eigenvalue weighted by atomic mass is 10.2. The standard InChI is InChI=1S/C20H24N4O5S2/c21-31(28,29)19-8-6-18(7-9-19)22-20(25)16-23-11-13-24(14-12-23)30(26,27)15-10-17-4-2-1-3-5-17/h1-10,15H,11-14,16H2,(H,22,25)(H2,21,28,29)/b15-10+. The Morgan fingerprint density at radius 2 is 1.55 bits per heavy atom. The van der Waals surface area contributed by atoms with Crippen LogP contribution in [-0.2, 0) is 24.8 Å². The number of benzene rings is 2. The van der Waals surface area contributed by atoms with Gasteiger partial charge in [-0.1, -0.05) is 30.3 Å². The molecule has 11 heteroatoms. The van der Waals surface area contributed by atoms with Gasteiger partial charge in [-0.05, 0) is 35.9 Å². The second kappa shape index (κ2) is 9.71. The fourth-order valence-electron chi connectivity index (χ4n) is 3.09. The van der Waals surface area contributed by atoms with Gasteiger partial charge in [0.25, 0.3) is 0 Å². The third-order valence-electron chi connectivity index (χ3n) is 4.76. The predicted octanol–water partition coefficient (Wildman–Crippen LogP) is 0.891. The maximum Gasteiger partial charge on any atom is 0.238 e. The first-order valence-electron chi connectivity index (χ1n) is 9.52. The molecule has 1 amide bonds. The van der Waals surface area contributed by atoms with E-state index in [0.717, 1.165) is 5.56 Å². The maximum absolute atomic E-state index is 12.5. The fourth-order valence-corrected chi connectivity index (χ4v) is 4.78. The first kappa shape index (κ1) is 23.1. The molecule has 9 nitrogen and oxygen atoms in total. The summed E-state index contributed by atoms with van der Waals surface area (Å²) in [6, 6.07) is 14.7. The van der Waals surface area contributed by atoms with Gasteiger partial charge >= 0.3 is 0 Å². The van der Waals surface area contributed by atoms with Gasteiger partial charge in [0.05, 0.1) is 11.4 Å². The number of sulfonamides is 2. The summed E-state index contributed by atoms with van der Waals surface area (Å²) in [5, 5.41) is 8.94. The molecule has 2 aromatic rings. The molecule has 1 fully saturated rings. The smallest absolute Gasteiger partial charge is 0.238 e. The molecule has 1 aliphatic heterocycles. The van der Waals surface area contributed by atoms with Crippen LogP contribution in [0.15, 0.2) is 64.9 Å². The van der Waals surface area contributed by atoms with E-state index in [4.69, 9.17) is 5.14 Å². The van der Waals surface area contributed by atoms with Gasteiger partial charge in [-0.2, -0.15) is 4.31 Å². The quantitative estimate of drug-likeness (QED) is 0.626. The third kappa shape index (κ3) is 6.71. The molecule has 0 unspecified atom stereocenters. The number of hydrogen-bond acceptors (Lipinski definition) is 6. The van der Waals surface area contributed by atoms with Gasteiger partial charge in [0, 0.05) is 37.3 Å². The Morgan fingerprint density at radius 3 is 2.13 bits per heavy atom. The van der Waals surface area contributed by atoms with Crippen LogP contribution in [0.1, 0.15) is 5.56 Å². The summed E-state index contributed by atoms with van der Waals surface area (Å²) in [6.45, 7) is 1.53. The predicted molar refractivity (Wildman–Crippen MR) is 119 cm³/mol. The van der Waals surface area contributed by atoms with Crippen LogP contribution in [0.3, 0.4) is 0 Å². The van der Waals surface area contributed by atoms with E-state index in [0.29, 0.717) is 18.8 Å². The molecule has 0 aromatic heterocycles. The highest BCUT2D eigenvalue weighted by atomic mass is 32.2. The van der Waals surface area contributed by atoms with Gasteiger partial charge in [0.1, 0.15) is 0 Å². The molecule has 1 saturated heterocycles. The number of piperazine rings is 1. The summed E-state index contributed by atoms with van der Waals surface area (Å²) in [6.07, 6.45) is 1.57. The van der Waals surface area contributed by atoms with Crippen LogP contribution in [0.4, 0.5) is 5.69 Å². The lowest BCUT2D eigenvalue weighted by Gasteiger charge is -2.32. The number of nitrogens with zero attached hydrogens (tertiary/aromatic N) is 2. The van der Waals surface area contributed by atoms with Crippen molar-refractivity contribution in [3.05, 3.63) is 65.6 Å². The van der Waals surface area contributed by atoms with Gasteiger partial charge < -0.3 is 5.32 Å². The number of nitrogens with one attached hydrogen (secondary N) is 1. The average molecular weight is 465 g/mol. The minimum absolute atomic E-state index is 0.0378. The van der Waals surface area contributed by atoms with Crippen molar-refractivity contribution in [2.24, 2.45) is 5.14 Å². The molecule has 0 spiro atoms. The Morgan fingerprint density at radius 1 is 0.935 bits per heavy atom. The molecular weight excluding hydrogens is 440 g/mol. The molecular formula is C20H24N4O5S2. The molecule has 0 radical (unpaired) electrons. The molecule has 1 heterocycles. The van der Waals surface area contributed by atoms with Crippen molar-refractivity contribution in [3.63, 3.8) is 0 Å². The summed E-state index contributed by atoms with van der Waals surface area (Å²) < 4.78 is 49.0.